The van der Waals surface area contributed by atoms with Gasteiger partial charge in [-0.3, -0.25) is 9.59 Å². The average molecular weight is 311 g/mol. The lowest BCUT2D eigenvalue weighted by atomic mass is 9.99. The van der Waals surface area contributed by atoms with Gasteiger partial charge < -0.3 is 5.32 Å². The second-order valence-corrected chi connectivity index (χ2v) is 5.40. The van der Waals surface area contributed by atoms with Crippen molar-refractivity contribution in [1.82, 2.24) is 10.3 Å². The summed E-state index contributed by atoms with van der Waals surface area (Å²) in [5.41, 5.74) is 2.43. The van der Waals surface area contributed by atoms with E-state index in [0.29, 0.717) is 17.0 Å². The van der Waals surface area contributed by atoms with Crippen molar-refractivity contribution in [2.75, 3.05) is 0 Å². The Kier molecular flexibility index (Phi) is 3.73. The summed E-state index contributed by atoms with van der Waals surface area (Å²) >= 11 is 0. The van der Waals surface area contributed by atoms with Crippen LogP contribution in [0.4, 0.5) is 10.2 Å². The number of rotatable bonds is 1. The molecule has 1 aliphatic rings. The summed E-state index contributed by atoms with van der Waals surface area (Å²) in [6, 6.07) is 6.44. The SMILES string of the molecule is CC(=O)NC1=Nc2ncc(-c3ccc(F)c(C)c3)cc2C(=O)C1. The zero-order valence-corrected chi connectivity index (χ0v) is 12.7. The fraction of sp³-hybridized carbons (Fsp3) is 0.176. The minimum Gasteiger partial charge on any atom is -0.314 e. The van der Waals surface area contributed by atoms with Crippen LogP contribution in [0.25, 0.3) is 11.1 Å². The summed E-state index contributed by atoms with van der Waals surface area (Å²) in [7, 11) is 0. The molecule has 0 fully saturated rings. The van der Waals surface area contributed by atoms with Crippen LogP contribution in [0.15, 0.2) is 35.5 Å². The van der Waals surface area contributed by atoms with E-state index in [1.54, 1.807) is 31.3 Å². The van der Waals surface area contributed by atoms with E-state index in [1.807, 2.05) is 0 Å². The van der Waals surface area contributed by atoms with Gasteiger partial charge in [-0.15, -0.1) is 0 Å². The number of amidine groups is 1. The molecule has 0 saturated heterocycles. The first-order valence-corrected chi connectivity index (χ1v) is 7.09. The Labute approximate surface area is 132 Å². The molecule has 116 valence electrons. The number of halogens is 1. The van der Waals surface area contributed by atoms with Crippen molar-refractivity contribution in [3.05, 3.63) is 47.4 Å². The van der Waals surface area contributed by atoms with Crippen LogP contribution in [0.2, 0.25) is 0 Å². The summed E-state index contributed by atoms with van der Waals surface area (Å²) in [5, 5.41) is 2.52. The van der Waals surface area contributed by atoms with Crippen molar-refractivity contribution in [2.24, 2.45) is 4.99 Å². The predicted octanol–water partition coefficient (Wildman–Crippen LogP) is 2.95. The minimum atomic E-state index is -0.279. The number of nitrogens with one attached hydrogen (secondary N) is 1. The number of hydrogen-bond donors (Lipinski definition) is 1. The molecule has 0 unspecified atom stereocenters. The van der Waals surface area contributed by atoms with Crippen molar-refractivity contribution >= 4 is 23.3 Å². The van der Waals surface area contributed by atoms with Crippen LogP contribution >= 0.6 is 0 Å². The third-order valence-electron chi connectivity index (χ3n) is 3.55. The molecule has 0 radical (unpaired) electrons. The largest absolute Gasteiger partial charge is 0.314 e. The van der Waals surface area contributed by atoms with Gasteiger partial charge in [-0.25, -0.2) is 14.4 Å². The Balaban J connectivity index is 2.01. The van der Waals surface area contributed by atoms with Gasteiger partial charge in [0.1, 0.15) is 11.7 Å². The highest BCUT2D eigenvalue weighted by Gasteiger charge is 2.22. The molecule has 1 aromatic carbocycles. The van der Waals surface area contributed by atoms with Crippen LogP contribution in [0.3, 0.4) is 0 Å². The molecule has 0 spiro atoms. The molecule has 2 aromatic rings. The highest BCUT2D eigenvalue weighted by molar-refractivity contribution is 6.17. The van der Waals surface area contributed by atoms with Gasteiger partial charge in [0.15, 0.2) is 11.6 Å². The summed E-state index contributed by atoms with van der Waals surface area (Å²) in [6.45, 7) is 3.04. The third-order valence-corrected chi connectivity index (χ3v) is 3.55. The molecule has 1 aliphatic heterocycles. The lowest BCUT2D eigenvalue weighted by molar-refractivity contribution is -0.117. The molecule has 0 aliphatic carbocycles. The Morgan fingerprint density at radius 2 is 2.04 bits per heavy atom. The molecule has 6 heteroatoms. The van der Waals surface area contributed by atoms with Gasteiger partial charge in [0.05, 0.1) is 12.0 Å². The van der Waals surface area contributed by atoms with Crippen LogP contribution in [-0.2, 0) is 4.79 Å². The van der Waals surface area contributed by atoms with Crippen LogP contribution in [0, 0.1) is 12.7 Å². The highest BCUT2D eigenvalue weighted by Crippen LogP contribution is 2.29. The molecular weight excluding hydrogens is 297 g/mol. The summed E-state index contributed by atoms with van der Waals surface area (Å²) < 4.78 is 13.4. The van der Waals surface area contributed by atoms with Gasteiger partial charge in [-0.1, -0.05) is 6.07 Å². The number of Topliss-reactive ketones (excluding diaryl/α,β-unsaturated/α-hetero) is 1. The molecule has 5 nitrogen and oxygen atoms in total. The molecule has 1 amide bonds. The number of nitrogens with zero attached hydrogens (tertiary/aromatic N) is 2. The number of aromatic nitrogens is 1. The topological polar surface area (TPSA) is 71.4 Å². The van der Waals surface area contributed by atoms with Gasteiger partial charge in [0.25, 0.3) is 0 Å². The molecule has 23 heavy (non-hydrogen) atoms. The van der Waals surface area contributed by atoms with Gasteiger partial charge in [-0.2, -0.15) is 0 Å². The molecule has 0 saturated carbocycles. The average Bonchev–Trinajstić information content (AvgIpc) is 2.49. The lowest BCUT2D eigenvalue weighted by Crippen LogP contribution is -2.31. The maximum atomic E-state index is 13.4. The zero-order valence-electron chi connectivity index (χ0n) is 12.7. The maximum Gasteiger partial charge on any atom is 0.222 e. The standard InChI is InChI=1S/C17H14FN3O2/c1-9-5-11(3-4-14(9)18)12-6-13-15(23)7-16(20-10(2)22)21-17(13)19-8-12/h3-6,8H,7H2,1-2H3,(H,19,20,21,22). The number of ketones is 1. The van der Waals surface area contributed by atoms with E-state index in [2.05, 4.69) is 15.3 Å². The first-order valence-electron chi connectivity index (χ1n) is 7.09. The molecule has 3 rings (SSSR count). The van der Waals surface area contributed by atoms with Crippen LogP contribution in [0.1, 0.15) is 29.3 Å². The quantitative estimate of drug-likeness (QED) is 0.880. The molecule has 2 heterocycles. The Hall–Kier alpha value is -2.89. The number of aliphatic imine (C=N–C) groups is 1. The molecular formula is C17H14FN3O2. The summed E-state index contributed by atoms with van der Waals surface area (Å²) in [6.07, 6.45) is 1.61. The summed E-state index contributed by atoms with van der Waals surface area (Å²) in [4.78, 5) is 31.7. The van der Waals surface area contributed by atoms with E-state index in [0.717, 1.165) is 11.1 Å². The number of carbonyl (C=O) groups is 2. The van der Waals surface area contributed by atoms with Crippen molar-refractivity contribution in [1.29, 1.82) is 0 Å². The Bertz CT molecular complexity index is 859. The number of fused-ring (bicyclic) bond motifs is 1. The minimum absolute atomic E-state index is 0.0279. The fourth-order valence-electron chi connectivity index (χ4n) is 2.42. The summed E-state index contributed by atoms with van der Waals surface area (Å²) in [5.74, 6) is -0.133. The van der Waals surface area contributed by atoms with Crippen molar-refractivity contribution < 1.29 is 14.0 Å². The number of benzene rings is 1. The normalized spacial score (nSPS) is 13.3. The zero-order chi connectivity index (χ0) is 16.6. The van der Waals surface area contributed by atoms with Crippen LogP contribution in [-0.4, -0.2) is 22.5 Å². The van der Waals surface area contributed by atoms with E-state index in [9.17, 15) is 14.0 Å². The second-order valence-electron chi connectivity index (χ2n) is 5.40. The lowest BCUT2D eigenvalue weighted by Gasteiger charge is -2.15. The van der Waals surface area contributed by atoms with Gasteiger partial charge in [0, 0.05) is 18.7 Å². The van der Waals surface area contributed by atoms with E-state index >= 15 is 0 Å². The first-order chi connectivity index (χ1) is 10.9. The van der Waals surface area contributed by atoms with Gasteiger partial charge >= 0.3 is 0 Å². The number of aryl methyl sites for hydroxylation is 1. The number of hydrogen-bond acceptors (Lipinski definition) is 4. The maximum absolute atomic E-state index is 13.4. The van der Waals surface area contributed by atoms with E-state index in [4.69, 9.17) is 0 Å². The van der Waals surface area contributed by atoms with Gasteiger partial charge in [-0.05, 0) is 36.2 Å². The highest BCUT2D eigenvalue weighted by atomic mass is 19.1. The number of pyridine rings is 1. The number of amides is 1. The Morgan fingerprint density at radius 3 is 2.74 bits per heavy atom. The molecule has 1 N–H and O–H groups in total. The predicted molar refractivity (Wildman–Crippen MR) is 84.2 cm³/mol. The third kappa shape index (κ3) is 3.01. The van der Waals surface area contributed by atoms with E-state index in [-0.39, 0.29) is 29.7 Å². The van der Waals surface area contributed by atoms with Crippen molar-refractivity contribution in [3.63, 3.8) is 0 Å². The number of carbonyl (C=O) groups excluding carboxylic acids is 2. The smallest absolute Gasteiger partial charge is 0.222 e. The van der Waals surface area contributed by atoms with Crippen molar-refractivity contribution in [3.8, 4) is 11.1 Å². The molecule has 0 bridgehead atoms. The Morgan fingerprint density at radius 1 is 1.26 bits per heavy atom. The van der Waals surface area contributed by atoms with Gasteiger partial charge in [0.2, 0.25) is 5.91 Å². The molecule has 0 atom stereocenters. The van der Waals surface area contributed by atoms with Crippen molar-refractivity contribution in [2.45, 2.75) is 20.3 Å². The van der Waals surface area contributed by atoms with E-state index < -0.39 is 0 Å². The van der Waals surface area contributed by atoms with Crippen LogP contribution in [0.5, 0.6) is 0 Å². The van der Waals surface area contributed by atoms with E-state index in [1.165, 1.54) is 13.0 Å². The fourth-order valence-corrected chi connectivity index (χ4v) is 2.42. The first kappa shape index (κ1) is 15.0. The monoisotopic (exact) mass is 311 g/mol. The van der Waals surface area contributed by atoms with Crippen LogP contribution < -0.4 is 5.32 Å². The second kappa shape index (κ2) is 5.72. The molecule has 1 aromatic heterocycles.